The summed E-state index contributed by atoms with van der Waals surface area (Å²) in [5, 5.41) is 0. The number of carbonyl (C=O) groups excluding carboxylic acids is 3. The molecule has 0 spiro atoms. The monoisotopic (exact) mass is 929 g/mol. The lowest BCUT2D eigenvalue weighted by Crippen LogP contribution is -2.30. The molecule has 67 heavy (non-hydrogen) atoms. The first-order valence-electron chi connectivity index (χ1n) is 27.5. The van der Waals surface area contributed by atoms with E-state index in [1.807, 2.05) is 60.8 Å². The molecule has 6 heteroatoms. The first-order valence-corrected chi connectivity index (χ1v) is 27.5. The van der Waals surface area contributed by atoms with Gasteiger partial charge in [0.05, 0.1) is 0 Å². The fourth-order valence-electron chi connectivity index (χ4n) is 7.33. The lowest BCUT2D eigenvalue weighted by molar-refractivity contribution is -0.167. The highest BCUT2D eigenvalue weighted by Crippen LogP contribution is 2.14. The van der Waals surface area contributed by atoms with Crippen LogP contribution in [0.5, 0.6) is 0 Å². The van der Waals surface area contributed by atoms with Crippen LogP contribution in [0.25, 0.3) is 0 Å². The zero-order chi connectivity index (χ0) is 48.6. The molecule has 1 unspecified atom stereocenters. The minimum Gasteiger partial charge on any atom is -0.462 e. The van der Waals surface area contributed by atoms with Crippen molar-refractivity contribution < 1.29 is 28.6 Å². The van der Waals surface area contributed by atoms with E-state index in [2.05, 4.69) is 69.4 Å². The molecule has 0 rings (SSSR count). The standard InChI is InChI=1S/C61H100O6/c1-4-7-10-13-16-19-22-25-28-30-32-33-36-39-42-45-48-51-54-60(63)66-57-58(56-65-59(62)53-50-47-44-41-38-35-27-24-21-18-15-12-9-6-3)67-61(64)55-52-49-46-43-40-37-34-31-29-26-23-20-17-14-11-8-5-2/h8-9,11-12,14,17-18,20-21,23,26,29,31-34,37,40,58H,4-7,10,13,15-16,19,22,24-25,27-28,30,35-36,38-39,41-57H2,1-3H3/b11-8-,12-9-,17-14-,21-18-,23-20-,29-26-,33-32-,34-31+,40-37-. The van der Waals surface area contributed by atoms with E-state index in [1.54, 1.807) is 0 Å². The van der Waals surface area contributed by atoms with Gasteiger partial charge < -0.3 is 14.2 Å². The molecule has 0 aromatic heterocycles. The summed E-state index contributed by atoms with van der Waals surface area (Å²) >= 11 is 0. The van der Waals surface area contributed by atoms with Gasteiger partial charge in [0.25, 0.3) is 0 Å². The molecule has 0 aliphatic rings. The van der Waals surface area contributed by atoms with Crippen LogP contribution in [0.3, 0.4) is 0 Å². The molecule has 0 saturated carbocycles. The molecule has 380 valence electrons. The molecule has 0 aromatic carbocycles. The zero-order valence-electron chi connectivity index (χ0n) is 43.4. The molecule has 0 saturated heterocycles. The highest BCUT2D eigenvalue weighted by Gasteiger charge is 2.19. The van der Waals surface area contributed by atoms with Crippen LogP contribution in [0.15, 0.2) is 109 Å². The maximum atomic E-state index is 12.8. The second-order valence-corrected chi connectivity index (χ2v) is 17.9. The predicted molar refractivity (Wildman–Crippen MR) is 288 cm³/mol. The first kappa shape index (κ1) is 63.1. The van der Waals surface area contributed by atoms with Gasteiger partial charge in [-0.3, -0.25) is 14.4 Å². The summed E-state index contributed by atoms with van der Waals surface area (Å²) in [6.45, 7) is 6.34. The third-order valence-corrected chi connectivity index (χ3v) is 11.4. The molecule has 0 amide bonds. The van der Waals surface area contributed by atoms with E-state index in [0.717, 1.165) is 96.3 Å². The highest BCUT2D eigenvalue weighted by molar-refractivity contribution is 5.71. The van der Waals surface area contributed by atoms with Crippen molar-refractivity contribution in [2.24, 2.45) is 0 Å². The third kappa shape index (κ3) is 52.9. The molecule has 1 atom stereocenters. The number of hydrogen-bond acceptors (Lipinski definition) is 6. The van der Waals surface area contributed by atoms with Crippen LogP contribution in [-0.2, 0) is 28.6 Å². The van der Waals surface area contributed by atoms with Crippen molar-refractivity contribution >= 4 is 17.9 Å². The van der Waals surface area contributed by atoms with Gasteiger partial charge in [-0.2, -0.15) is 0 Å². The second-order valence-electron chi connectivity index (χ2n) is 17.9. The molecule has 0 N–H and O–H groups in total. The van der Waals surface area contributed by atoms with Crippen LogP contribution < -0.4 is 0 Å². The second kappa shape index (κ2) is 54.7. The van der Waals surface area contributed by atoms with Crippen LogP contribution in [0.2, 0.25) is 0 Å². The van der Waals surface area contributed by atoms with E-state index in [0.29, 0.717) is 19.3 Å². The molecule has 0 aliphatic heterocycles. The van der Waals surface area contributed by atoms with E-state index in [-0.39, 0.29) is 37.5 Å². The highest BCUT2D eigenvalue weighted by atomic mass is 16.6. The van der Waals surface area contributed by atoms with E-state index >= 15 is 0 Å². The topological polar surface area (TPSA) is 78.9 Å². The van der Waals surface area contributed by atoms with Gasteiger partial charge in [-0.05, 0) is 89.9 Å². The van der Waals surface area contributed by atoms with Crippen molar-refractivity contribution in [3.63, 3.8) is 0 Å². The van der Waals surface area contributed by atoms with Gasteiger partial charge in [-0.1, -0.05) is 239 Å². The van der Waals surface area contributed by atoms with E-state index in [4.69, 9.17) is 14.2 Å². The zero-order valence-corrected chi connectivity index (χ0v) is 43.4. The number of esters is 3. The van der Waals surface area contributed by atoms with Gasteiger partial charge in [0.2, 0.25) is 0 Å². The first-order chi connectivity index (χ1) is 33.0. The van der Waals surface area contributed by atoms with Crippen molar-refractivity contribution in [3.05, 3.63) is 109 Å². The normalized spacial score (nSPS) is 12.9. The molecule has 6 nitrogen and oxygen atoms in total. The van der Waals surface area contributed by atoms with Crippen LogP contribution in [0.1, 0.15) is 239 Å². The Bertz CT molecular complexity index is 1390. The van der Waals surface area contributed by atoms with Crippen molar-refractivity contribution in [3.8, 4) is 0 Å². The fourth-order valence-corrected chi connectivity index (χ4v) is 7.33. The Kier molecular flexibility index (Phi) is 51.5. The minimum atomic E-state index is -0.810. The number of rotatable bonds is 48. The van der Waals surface area contributed by atoms with E-state index < -0.39 is 6.10 Å². The molecule has 0 radical (unpaired) electrons. The fraction of sp³-hybridized carbons (Fsp3) is 0.656. The summed E-state index contributed by atoms with van der Waals surface area (Å²) < 4.78 is 16.8. The number of unbranched alkanes of at least 4 members (excludes halogenated alkanes) is 24. The van der Waals surface area contributed by atoms with Crippen molar-refractivity contribution in [1.82, 2.24) is 0 Å². The Labute approximate surface area is 412 Å². The lowest BCUT2D eigenvalue weighted by atomic mass is 10.1. The van der Waals surface area contributed by atoms with Gasteiger partial charge in [0.15, 0.2) is 6.10 Å². The average Bonchev–Trinajstić information content (AvgIpc) is 3.33. The summed E-state index contributed by atoms with van der Waals surface area (Å²) in [7, 11) is 0. The summed E-state index contributed by atoms with van der Waals surface area (Å²) in [5.74, 6) is -0.966. The largest absolute Gasteiger partial charge is 0.462 e. The van der Waals surface area contributed by atoms with Crippen molar-refractivity contribution in [2.45, 2.75) is 245 Å². The Balaban J connectivity index is 4.50. The Morgan fingerprint density at radius 2 is 0.657 bits per heavy atom. The average molecular weight is 929 g/mol. The molecular formula is C61H100O6. The number of ether oxygens (including phenoxy) is 3. The van der Waals surface area contributed by atoms with Gasteiger partial charge in [0, 0.05) is 19.3 Å². The Hall–Kier alpha value is -3.93. The smallest absolute Gasteiger partial charge is 0.306 e. The Morgan fingerprint density at radius 1 is 0.328 bits per heavy atom. The van der Waals surface area contributed by atoms with Crippen LogP contribution >= 0.6 is 0 Å². The molecule has 0 bridgehead atoms. The van der Waals surface area contributed by atoms with Crippen molar-refractivity contribution in [1.29, 1.82) is 0 Å². The molecule has 0 fully saturated rings. The van der Waals surface area contributed by atoms with E-state index in [9.17, 15) is 14.4 Å². The maximum absolute atomic E-state index is 12.8. The van der Waals surface area contributed by atoms with E-state index in [1.165, 1.54) is 96.3 Å². The Morgan fingerprint density at radius 3 is 1.10 bits per heavy atom. The third-order valence-electron chi connectivity index (χ3n) is 11.4. The molecule has 0 aromatic rings. The van der Waals surface area contributed by atoms with Gasteiger partial charge >= 0.3 is 17.9 Å². The summed E-state index contributed by atoms with van der Waals surface area (Å²) in [5.41, 5.74) is 0. The molecule has 0 heterocycles. The SMILES string of the molecule is CC\C=C/C=C\C=C/C=C\C=C\C=C/CCCCCC(=O)OC(COC(=O)CCCCCCC/C=C\CCCCCCCCCCC)COC(=O)CCCCCCCCC/C=C\C/C=C\CC. The van der Waals surface area contributed by atoms with Crippen molar-refractivity contribution in [2.75, 3.05) is 13.2 Å². The van der Waals surface area contributed by atoms with Crippen LogP contribution in [0, 0.1) is 0 Å². The van der Waals surface area contributed by atoms with Gasteiger partial charge in [-0.15, -0.1) is 0 Å². The quantitative estimate of drug-likeness (QED) is 0.0199. The summed E-state index contributed by atoms with van der Waals surface area (Å²) in [4.78, 5) is 38.1. The van der Waals surface area contributed by atoms with Crippen LogP contribution in [0.4, 0.5) is 0 Å². The van der Waals surface area contributed by atoms with Crippen LogP contribution in [-0.4, -0.2) is 37.2 Å². The molecular weight excluding hydrogens is 829 g/mol. The maximum Gasteiger partial charge on any atom is 0.306 e. The predicted octanol–water partition coefficient (Wildman–Crippen LogP) is 18.3. The van der Waals surface area contributed by atoms with Gasteiger partial charge in [0.1, 0.15) is 13.2 Å². The van der Waals surface area contributed by atoms with Gasteiger partial charge in [-0.25, -0.2) is 0 Å². The summed E-state index contributed by atoms with van der Waals surface area (Å²) in [6, 6.07) is 0. The number of carbonyl (C=O) groups is 3. The number of hydrogen-bond donors (Lipinski definition) is 0. The minimum absolute atomic E-state index is 0.105. The number of allylic oxidation sites excluding steroid dienone is 18. The molecule has 0 aliphatic carbocycles. The summed E-state index contributed by atoms with van der Waals surface area (Å²) in [6.07, 6.45) is 73.6. The lowest BCUT2D eigenvalue weighted by Gasteiger charge is -2.18.